The predicted octanol–water partition coefficient (Wildman–Crippen LogP) is 1.04. The van der Waals surface area contributed by atoms with Gasteiger partial charge in [0.25, 0.3) is 5.56 Å². The number of carbonyl (C=O) groups is 1. The molecule has 0 saturated heterocycles. The van der Waals surface area contributed by atoms with Crippen molar-refractivity contribution in [2.24, 2.45) is 7.05 Å². The number of nitrogens with one attached hydrogen (secondary N) is 1. The lowest BCUT2D eigenvalue weighted by Crippen LogP contribution is -2.29. The Balaban J connectivity index is 2.17. The summed E-state index contributed by atoms with van der Waals surface area (Å²) in [5, 5.41) is 0. The van der Waals surface area contributed by atoms with Gasteiger partial charge in [-0.3, -0.25) is 19.1 Å². The molecular weight excluding hydrogens is 320 g/mol. The Morgan fingerprint density at radius 2 is 1.96 bits per heavy atom. The number of fused-ring (bicyclic) bond motifs is 1. The first kappa shape index (κ1) is 15.2. The maximum absolute atomic E-state index is 12.4. The summed E-state index contributed by atoms with van der Waals surface area (Å²) in [6.07, 6.45) is 0. The van der Waals surface area contributed by atoms with Crippen LogP contribution in [0.4, 0.5) is 0 Å². The van der Waals surface area contributed by atoms with Crippen molar-refractivity contribution < 1.29 is 4.79 Å². The molecule has 8 heteroatoms. The van der Waals surface area contributed by atoms with E-state index in [4.69, 9.17) is 11.6 Å². The van der Waals surface area contributed by atoms with E-state index in [0.29, 0.717) is 11.4 Å². The topological polar surface area (TPSA) is 89.8 Å². The molecule has 1 N–H and O–H groups in total. The number of benzene rings is 1. The molecule has 0 aliphatic rings. The lowest BCUT2D eigenvalue weighted by molar-refractivity contribution is 0.0972. The Morgan fingerprint density at radius 1 is 1.26 bits per heavy atom. The molecular formula is C15H13ClN4O3. The van der Waals surface area contributed by atoms with E-state index < -0.39 is 11.2 Å². The van der Waals surface area contributed by atoms with E-state index in [1.54, 1.807) is 24.3 Å². The highest BCUT2D eigenvalue weighted by Gasteiger charge is 2.19. The van der Waals surface area contributed by atoms with Crippen molar-refractivity contribution in [2.45, 2.75) is 12.4 Å². The number of aromatic amines is 1. The normalized spacial score (nSPS) is 11.0. The summed E-state index contributed by atoms with van der Waals surface area (Å²) in [4.78, 5) is 42.6. The maximum atomic E-state index is 12.4. The van der Waals surface area contributed by atoms with Gasteiger partial charge < -0.3 is 4.57 Å². The van der Waals surface area contributed by atoms with Crippen molar-refractivity contribution in [1.29, 1.82) is 0 Å². The van der Waals surface area contributed by atoms with Crippen molar-refractivity contribution in [3.05, 3.63) is 62.6 Å². The van der Waals surface area contributed by atoms with E-state index >= 15 is 0 Å². The van der Waals surface area contributed by atoms with Crippen molar-refractivity contribution >= 4 is 28.5 Å². The third-order valence-electron chi connectivity index (χ3n) is 3.60. The zero-order valence-corrected chi connectivity index (χ0v) is 13.0. The van der Waals surface area contributed by atoms with Crippen molar-refractivity contribution in [2.75, 3.05) is 0 Å². The molecule has 23 heavy (non-hydrogen) atoms. The molecule has 0 amide bonds. The molecule has 0 spiro atoms. The molecule has 3 aromatic rings. The summed E-state index contributed by atoms with van der Waals surface area (Å²) in [7, 11) is 1.50. The van der Waals surface area contributed by atoms with E-state index in [9.17, 15) is 14.4 Å². The standard InChI is InChI=1S/C15H13ClN4O3/c1-19-13-12(14(22)18-15(19)23)20(11(7-16)17-13)8-10(21)9-5-3-2-4-6-9/h2-6H,7-8H2,1H3,(H,18,22,23). The molecule has 0 fully saturated rings. The van der Waals surface area contributed by atoms with E-state index in [1.165, 1.54) is 16.2 Å². The van der Waals surface area contributed by atoms with Crippen LogP contribution >= 0.6 is 11.6 Å². The summed E-state index contributed by atoms with van der Waals surface area (Å²) in [5.74, 6) is 0.201. The quantitative estimate of drug-likeness (QED) is 0.571. The minimum atomic E-state index is -0.590. The number of rotatable bonds is 4. The van der Waals surface area contributed by atoms with Crippen LogP contribution in [0.25, 0.3) is 11.2 Å². The Morgan fingerprint density at radius 3 is 2.61 bits per heavy atom. The molecule has 2 aromatic heterocycles. The van der Waals surface area contributed by atoms with Gasteiger partial charge in [0.05, 0.1) is 12.4 Å². The number of H-pyrrole nitrogens is 1. The van der Waals surface area contributed by atoms with Gasteiger partial charge in [-0.25, -0.2) is 9.78 Å². The zero-order valence-electron chi connectivity index (χ0n) is 12.2. The largest absolute Gasteiger partial charge is 0.329 e. The van der Waals surface area contributed by atoms with Crippen LogP contribution in [0.15, 0.2) is 39.9 Å². The average molecular weight is 333 g/mol. The van der Waals surface area contributed by atoms with Crippen LogP contribution in [0.2, 0.25) is 0 Å². The van der Waals surface area contributed by atoms with E-state index in [-0.39, 0.29) is 29.4 Å². The number of nitrogens with zero attached hydrogens (tertiary/aromatic N) is 3. The van der Waals surface area contributed by atoms with Gasteiger partial charge in [-0.2, -0.15) is 0 Å². The first-order chi connectivity index (χ1) is 11.0. The van der Waals surface area contributed by atoms with Crippen molar-refractivity contribution in [3.8, 4) is 0 Å². The lowest BCUT2D eigenvalue weighted by atomic mass is 10.1. The molecule has 0 atom stereocenters. The zero-order chi connectivity index (χ0) is 16.6. The monoisotopic (exact) mass is 332 g/mol. The van der Waals surface area contributed by atoms with Crippen molar-refractivity contribution in [3.63, 3.8) is 0 Å². The van der Waals surface area contributed by atoms with Crippen LogP contribution in [-0.2, 0) is 19.5 Å². The first-order valence-corrected chi connectivity index (χ1v) is 7.39. The smallest absolute Gasteiger partial charge is 0.313 e. The molecule has 0 unspecified atom stereocenters. The van der Waals surface area contributed by atoms with Crippen LogP contribution in [0.3, 0.4) is 0 Å². The molecule has 0 saturated carbocycles. The van der Waals surface area contributed by atoms with Gasteiger partial charge in [0.1, 0.15) is 5.82 Å². The Hall–Kier alpha value is -2.67. The van der Waals surface area contributed by atoms with Gasteiger partial charge in [-0.05, 0) is 0 Å². The van der Waals surface area contributed by atoms with Gasteiger partial charge in [0, 0.05) is 12.6 Å². The molecule has 2 heterocycles. The van der Waals surface area contributed by atoms with Crippen LogP contribution < -0.4 is 11.2 Å². The second-order valence-electron chi connectivity index (χ2n) is 5.03. The van der Waals surface area contributed by atoms with Gasteiger partial charge in [-0.15, -0.1) is 11.6 Å². The maximum Gasteiger partial charge on any atom is 0.329 e. The molecule has 0 aliphatic heterocycles. The number of carbonyl (C=O) groups excluding carboxylic acids is 1. The number of imidazole rings is 1. The molecule has 0 radical (unpaired) electrons. The number of alkyl halides is 1. The fraction of sp³-hybridized carbons (Fsp3) is 0.200. The number of Topliss-reactive ketones (excluding diaryl/α,β-unsaturated/α-hetero) is 1. The van der Waals surface area contributed by atoms with Gasteiger partial charge in [0.2, 0.25) is 0 Å². The average Bonchev–Trinajstić information content (AvgIpc) is 2.92. The predicted molar refractivity (Wildman–Crippen MR) is 85.9 cm³/mol. The first-order valence-electron chi connectivity index (χ1n) is 6.85. The highest BCUT2D eigenvalue weighted by Crippen LogP contribution is 2.14. The second-order valence-corrected chi connectivity index (χ2v) is 5.29. The SMILES string of the molecule is Cn1c(=O)[nH]c(=O)c2c1nc(CCl)n2CC(=O)c1ccccc1. The Bertz CT molecular complexity index is 1000. The van der Waals surface area contributed by atoms with Gasteiger partial charge >= 0.3 is 5.69 Å². The van der Waals surface area contributed by atoms with Gasteiger partial charge in [-0.1, -0.05) is 30.3 Å². The van der Waals surface area contributed by atoms with Crippen LogP contribution in [0.1, 0.15) is 16.2 Å². The molecule has 118 valence electrons. The molecule has 7 nitrogen and oxygen atoms in total. The number of hydrogen-bond acceptors (Lipinski definition) is 4. The minimum Gasteiger partial charge on any atom is -0.313 e. The summed E-state index contributed by atoms with van der Waals surface area (Å²) < 4.78 is 2.67. The third-order valence-corrected chi connectivity index (χ3v) is 3.84. The van der Waals surface area contributed by atoms with Gasteiger partial charge in [0.15, 0.2) is 16.9 Å². The highest BCUT2D eigenvalue weighted by atomic mass is 35.5. The molecule has 0 aliphatic carbocycles. The van der Waals surface area contributed by atoms with E-state index in [2.05, 4.69) is 9.97 Å². The summed E-state index contributed by atoms with van der Waals surface area (Å²) in [6.45, 7) is -0.0795. The highest BCUT2D eigenvalue weighted by molar-refractivity contribution is 6.16. The number of aryl methyl sites for hydroxylation is 1. The third kappa shape index (κ3) is 2.59. The van der Waals surface area contributed by atoms with E-state index in [1.807, 2.05) is 6.07 Å². The van der Waals surface area contributed by atoms with Crippen molar-refractivity contribution in [1.82, 2.24) is 19.1 Å². The number of halogens is 1. The number of ketones is 1. The summed E-state index contributed by atoms with van der Waals surface area (Å²) in [5.41, 5.74) is -0.270. The van der Waals surface area contributed by atoms with E-state index in [0.717, 1.165) is 0 Å². The number of hydrogen-bond donors (Lipinski definition) is 1. The van der Waals surface area contributed by atoms with Crippen LogP contribution in [0, 0.1) is 0 Å². The fourth-order valence-electron chi connectivity index (χ4n) is 2.41. The molecule has 1 aromatic carbocycles. The Kier molecular flexibility index (Phi) is 3.87. The second kappa shape index (κ2) is 5.85. The number of aromatic nitrogens is 4. The molecule has 0 bridgehead atoms. The summed E-state index contributed by atoms with van der Waals surface area (Å²) in [6, 6.07) is 8.73. The lowest BCUT2D eigenvalue weighted by Gasteiger charge is -2.06. The van der Waals surface area contributed by atoms with Crippen LogP contribution in [-0.4, -0.2) is 24.9 Å². The fourth-order valence-corrected chi connectivity index (χ4v) is 2.61. The minimum absolute atomic E-state index is 0.0182. The summed E-state index contributed by atoms with van der Waals surface area (Å²) >= 11 is 5.88. The molecule has 3 rings (SSSR count). The Labute approximate surface area is 135 Å². The van der Waals surface area contributed by atoms with Crippen LogP contribution in [0.5, 0.6) is 0 Å².